The van der Waals surface area contributed by atoms with Gasteiger partial charge in [0.15, 0.2) is 16.2 Å². The number of aromatic nitrogens is 1. The zero-order valence-electron chi connectivity index (χ0n) is 13.4. The van der Waals surface area contributed by atoms with Crippen molar-refractivity contribution in [2.24, 2.45) is 0 Å². The van der Waals surface area contributed by atoms with Crippen molar-refractivity contribution in [3.8, 4) is 22.1 Å². The number of ether oxygens (including phenoxy) is 3. The fourth-order valence-corrected chi connectivity index (χ4v) is 3.32. The molecule has 6 nitrogen and oxygen atoms in total. The summed E-state index contributed by atoms with van der Waals surface area (Å²) >= 11 is 4.58. The van der Waals surface area contributed by atoms with E-state index in [0.717, 1.165) is 10.6 Å². The quantitative estimate of drug-likeness (QED) is 0.542. The molecule has 0 unspecified atom stereocenters. The number of para-hydroxylation sites is 1. The Kier molecular flexibility index (Phi) is 5.40. The highest BCUT2D eigenvalue weighted by molar-refractivity contribution is 9.10. The van der Waals surface area contributed by atoms with Crippen molar-refractivity contribution in [1.82, 2.24) is 4.98 Å². The standard InChI is InChI=1S/C17H14BrNO5S/c1-21-12-5-3-4-11(15(12)22-2)16-19-10(9-25-16)8-23-17(20)13-6-7-14(18)24-13/h3-7,9H,8H2,1-2H3. The highest BCUT2D eigenvalue weighted by atomic mass is 79.9. The van der Waals surface area contributed by atoms with Gasteiger partial charge in [0.25, 0.3) is 0 Å². The van der Waals surface area contributed by atoms with Gasteiger partial charge in [-0.05, 0) is 40.2 Å². The smallest absolute Gasteiger partial charge is 0.374 e. The second-order valence-corrected chi connectivity index (χ2v) is 6.50. The van der Waals surface area contributed by atoms with E-state index in [9.17, 15) is 4.79 Å². The summed E-state index contributed by atoms with van der Waals surface area (Å²) in [5.41, 5.74) is 1.46. The number of carbonyl (C=O) groups is 1. The van der Waals surface area contributed by atoms with Crippen molar-refractivity contribution in [3.63, 3.8) is 0 Å². The van der Waals surface area contributed by atoms with Crippen LogP contribution in [0, 0.1) is 0 Å². The van der Waals surface area contributed by atoms with E-state index in [1.54, 1.807) is 26.4 Å². The Morgan fingerprint density at radius 1 is 1.24 bits per heavy atom. The molecule has 25 heavy (non-hydrogen) atoms. The van der Waals surface area contributed by atoms with Crippen LogP contribution in [-0.2, 0) is 11.3 Å². The Bertz CT molecular complexity index is 889. The first-order chi connectivity index (χ1) is 12.1. The van der Waals surface area contributed by atoms with Crippen LogP contribution < -0.4 is 9.47 Å². The molecular weight excluding hydrogens is 410 g/mol. The van der Waals surface area contributed by atoms with E-state index in [2.05, 4.69) is 20.9 Å². The topological polar surface area (TPSA) is 70.8 Å². The number of hydrogen-bond acceptors (Lipinski definition) is 7. The lowest BCUT2D eigenvalue weighted by Crippen LogP contribution is -2.04. The third-order valence-electron chi connectivity index (χ3n) is 3.31. The molecule has 0 radical (unpaired) electrons. The van der Waals surface area contributed by atoms with Crippen LogP contribution in [0.15, 0.2) is 44.8 Å². The molecule has 3 rings (SSSR count). The molecule has 0 bridgehead atoms. The summed E-state index contributed by atoms with van der Waals surface area (Å²) in [5, 5.41) is 2.59. The second kappa shape index (κ2) is 7.71. The van der Waals surface area contributed by atoms with Gasteiger partial charge in [0.2, 0.25) is 5.76 Å². The van der Waals surface area contributed by atoms with Gasteiger partial charge in [0.05, 0.1) is 25.5 Å². The molecule has 0 amide bonds. The van der Waals surface area contributed by atoms with Gasteiger partial charge in [0.1, 0.15) is 11.6 Å². The molecule has 0 aliphatic rings. The number of halogens is 1. The molecule has 0 spiro atoms. The Labute approximate surface area is 156 Å². The third-order valence-corrected chi connectivity index (χ3v) is 4.66. The van der Waals surface area contributed by atoms with E-state index >= 15 is 0 Å². The SMILES string of the molecule is COc1cccc(-c2nc(COC(=O)c3ccc(Br)o3)cs2)c1OC. The number of benzene rings is 1. The summed E-state index contributed by atoms with van der Waals surface area (Å²) in [5.74, 6) is 0.839. The van der Waals surface area contributed by atoms with Gasteiger partial charge in [-0.15, -0.1) is 11.3 Å². The molecule has 2 aromatic heterocycles. The lowest BCUT2D eigenvalue weighted by Gasteiger charge is -2.10. The molecule has 0 fully saturated rings. The van der Waals surface area contributed by atoms with E-state index in [4.69, 9.17) is 18.6 Å². The number of rotatable bonds is 6. The Hall–Kier alpha value is -2.32. The maximum atomic E-state index is 11.9. The highest BCUT2D eigenvalue weighted by Crippen LogP contribution is 2.39. The van der Waals surface area contributed by atoms with E-state index in [1.807, 2.05) is 23.6 Å². The number of hydrogen-bond donors (Lipinski definition) is 0. The number of carbonyl (C=O) groups excluding carboxylic acids is 1. The van der Waals surface area contributed by atoms with Gasteiger partial charge in [-0.1, -0.05) is 6.07 Å². The molecule has 0 atom stereocenters. The minimum Gasteiger partial charge on any atom is -0.493 e. The lowest BCUT2D eigenvalue weighted by molar-refractivity contribution is 0.0430. The molecule has 3 aromatic rings. The van der Waals surface area contributed by atoms with Crippen molar-refractivity contribution in [2.75, 3.05) is 14.2 Å². The summed E-state index contributed by atoms with van der Waals surface area (Å²) in [6.45, 7) is 0.0555. The molecule has 8 heteroatoms. The fourth-order valence-electron chi connectivity index (χ4n) is 2.19. The maximum Gasteiger partial charge on any atom is 0.374 e. The number of furan rings is 1. The molecule has 130 valence electrons. The van der Waals surface area contributed by atoms with Crippen LogP contribution in [-0.4, -0.2) is 25.2 Å². The van der Waals surface area contributed by atoms with Crippen LogP contribution in [0.5, 0.6) is 11.5 Å². The number of nitrogens with zero attached hydrogens (tertiary/aromatic N) is 1. The summed E-state index contributed by atoms with van der Waals surface area (Å²) < 4.78 is 21.6. The molecule has 0 N–H and O–H groups in total. The van der Waals surface area contributed by atoms with Crippen molar-refractivity contribution in [2.45, 2.75) is 6.61 Å². The van der Waals surface area contributed by atoms with E-state index in [-0.39, 0.29) is 12.4 Å². The van der Waals surface area contributed by atoms with Crippen LogP contribution in [0.1, 0.15) is 16.2 Å². The molecule has 0 aliphatic heterocycles. The Balaban J connectivity index is 1.74. The van der Waals surface area contributed by atoms with E-state index < -0.39 is 5.97 Å². The Morgan fingerprint density at radius 2 is 2.08 bits per heavy atom. The first-order valence-corrected chi connectivity index (χ1v) is 8.88. The van der Waals surface area contributed by atoms with Gasteiger partial charge < -0.3 is 18.6 Å². The summed E-state index contributed by atoms with van der Waals surface area (Å²) in [6, 6.07) is 8.76. The zero-order valence-corrected chi connectivity index (χ0v) is 15.8. The van der Waals surface area contributed by atoms with Gasteiger partial charge in [-0.2, -0.15) is 0 Å². The lowest BCUT2D eigenvalue weighted by atomic mass is 10.2. The average Bonchev–Trinajstić information content (AvgIpc) is 3.28. The van der Waals surface area contributed by atoms with Gasteiger partial charge in [-0.25, -0.2) is 9.78 Å². The highest BCUT2D eigenvalue weighted by Gasteiger charge is 2.16. The van der Waals surface area contributed by atoms with Crippen LogP contribution in [0.2, 0.25) is 0 Å². The van der Waals surface area contributed by atoms with Crippen LogP contribution in [0.3, 0.4) is 0 Å². The molecule has 0 saturated heterocycles. The number of methoxy groups -OCH3 is 2. The first-order valence-electron chi connectivity index (χ1n) is 7.20. The molecule has 2 heterocycles. The van der Waals surface area contributed by atoms with Crippen molar-refractivity contribution in [3.05, 3.63) is 51.8 Å². The first kappa shape index (κ1) is 17.5. The van der Waals surface area contributed by atoms with E-state index in [1.165, 1.54) is 11.3 Å². The van der Waals surface area contributed by atoms with Crippen molar-refractivity contribution >= 4 is 33.2 Å². The summed E-state index contributed by atoms with van der Waals surface area (Å²) in [4.78, 5) is 16.4. The maximum absolute atomic E-state index is 11.9. The zero-order chi connectivity index (χ0) is 17.8. The number of esters is 1. The summed E-state index contributed by atoms with van der Waals surface area (Å²) in [6.07, 6.45) is 0. The van der Waals surface area contributed by atoms with Crippen LogP contribution >= 0.6 is 27.3 Å². The Morgan fingerprint density at radius 3 is 2.76 bits per heavy atom. The minimum atomic E-state index is -0.542. The molecule has 0 aliphatic carbocycles. The van der Waals surface area contributed by atoms with Crippen molar-refractivity contribution < 1.29 is 23.4 Å². The van der Waals surface area contributed by atoms with Crippen molar-refractivity contribution in [1.29, 1.82) is 0 Å². The molecular formula is C17H14BrNO5S. The molecule has 0 saturated carbocycles. The predicted molar refractivity (Wildman–Crippen MR) is 96.2 cm³/mol. The normalized spacial score (nSPS) is 10.5. The van der Waals surface area contributed by atoms with Gasteiger partial charge in [0, 0.05) is 5.38 Å². The van der Waals surface area contributed by atoms with E-state index in [0.29, 0.717) is 21.9 Å². The molecule has 1 aromatic carbocycles. The fraction of sp³-hybridized carbons (Fsp3) is 0.176. The minimum absolute atomic E-state index is 0.0555. The van der Waals surface area contributed by atoms with Gasteiger partial charge in [-0.3, -0.25) is 0 Å². The third kappa shape index (κ3) is 3.85. The summed E-state index contributed by atoms with van der Waals surface area (Å²) in [7, 11) is 3.17. The largest absolute Gasteiger partial charge is 0.493 e. The predicted octanol–water partition coefficient (Wildman–Crippen LogP) is 4.54. The average molecular weight is 424 g/mol. The van der Waals surface area contributed by atoms with Crippen LogP contribution in [0.4, 0.5) is 0 Å². The van der Waals surface area contributed by atoms with Crippen LogP contribution in [0.25, 0.3) is 10.6 Å². The second-order valence-electron chi connectivity index (χ2n) is 4.86. The van der Waals surface area contributed by atoms with Gasteiger partial charge >= 0.3 is 5.97 Å². The number of thiazole rings is 1. The monoisotopic (exact) mass is 423 g/mol.